The molecule has 21 heavy (non-hydrogen) atoms. The fourth-order valence-corrected chi connectivity index (χ4v) is 2.32. The summed E-state index contributed by atoms with van der Waals surface area (Å²) < 4.78 is 1.77. The van der Waals surface area contributed by atoms with E-state index in [9.17, 15) is 0 Å². The van der Waals surface area contributed by atoms with Crippen molar-refractivity contribution in [1.29, 1.82) is 0 Å². The number of hydrogen-bond acceptors (Lipinski definition) is 4. The summed E-state index contributed by atoms with van der Waals surface area (Å²) in [6, 6.07) is 12.1. The van der Waals surface area contributed by atoms with Gasteiger partial charge in [-0.05, 0) is 5.56 Å². The van der Waals surface area contributed by atoms with Crippen molar-refractivity contribution < 1.29 is 0 Å². The van der Waals surface area contributed by atoms with E-state index in [0.717, 1.165) is 22.7 Å². The third-order valence-electron chi connectivity index (χ3n) is 3.27. The second-order valence-corrected chi connectivity index (χ2v) is 4.98. The molecule has 3 aromatic rings. The van der Waals surface area contributed by atoms with Crippen molar-refractivity contribution in [3.8, 4) is 0 Å². The van der Waals surface area contributed by atoms with E-state index in [-0.39, 0.29) is 0 Å². The molecule has 0 spiro atoms. The van der Waals surface area contributed by atoms with Crippen LogP contribution in [0.5, 0.6) is 0 Å². The van der Waals surface area contributed by atoms with Gasteiger partial charge >= 0.3 is 0 Å². The Morgan fingerprint density at radius 3 is 2.76 bits per heavy atom. The highest BCUT2D eigenvalue weighted by molar-refractivity contribution is 6.16. The van der Waals surface area contributed by atoms with Gasteiger partial charge in [0, 0.05) is 24.7 Å². The number of nitrogens with zero attached hydrogens (tertiary/aromatic N) is 3. The van der Waals surface area contributed by atoms with E-state index in [2.05, 4.69) is 27.5 Å². The second kappa shape index (κ2) is 6.11. The number of halogens is 1. The van der Waals surface area contributed by atoms with E-state index < -0.39 is 0 Å². The summed E-state index contributed by atoms with van der Waals surface area (Å²) in [5.41, 5.74) is 9.38. The van der Waals surface area contributed by atoms with E-state index in [1.54, 1.807) is 10.7 Å². The van der Waals surface area contributed by atoms with Crippen molar-refractivity contribution in [3.05, 3.63) is 59.4 Å². The third-order valence-corrected chi connectivity index (χ3v) is 3.55. The maximum Gasteiger partial charge on any atom is 0.162 e. The van der Waals surface area contributed by atoms with Crippen LogP contribution in [0, 0.1) is 0 Å². The van der Waals surface area contributed by atoms with E-state index in [1.165, 1.54) is 5.56 Å². The van der Waals surface area contributed by atoms with Gasteiger partial charge in [-0.15, -0.1) is 11.6 Å². The zero-order valence-corrected chi connectivity index (χ0v) is 12.2. The first-order valence-corrected chi connectivity index (χ1v) is 7.25. The van der Waals surface area contributed by atoms with Crippen LogP contribution in [0.4, 0.5) is 5.82 Å². The van der Waals surface area contributed by atoms with Gasteiger partial charge in [0.2, 0.25) is 0 Å². The number of aromatic nitrogens is 3. The van der Waals surface area contributed by atoms with Gasteiger partial charge in [-0.3, -0.25) is 0 Å². The van der Waals surface area contributed by atoms with Crippen LogP contribution in [-0.4, -0.2) is 14.6 Å². The zero-order chi connectivity index (χ0) is 14.7. The van der Waals surface area contributed by atoms with Gasteiger partial charge in [0.1, 0.15) is 5.82 Å². The lowest BCUT2D eigenvalue weighted by atomic mass is 10.2. The molecule has 0 aliphatic rings. The molecule has 0 bridgehead atoms. The van der Waals surface area contributed by atoms with E-state index in [4.69, 9.17) is 17.3 Å². The topological polar surface area (TPSA) is 68.2 Å². The summed E-state index contributed by atoms with van der Waals surface area (Å²) in [6.07, 6.45) is 1.74. The van der Waals surface area contributed by atoms with Crippen molar-refractivity contribution in [2.24, 2.45) is 5.73 Å². The number of fused-ring (bicyclic) bond motifs is 1. The molecule has 0 atom stereocenters. The number of alkyl halides is 1. The molecule has 3 rings (SSSR count). The molecule has 0 fully saturated rings. The number of hydrogen-bond donors (Lipinski definition) is 2. The smallest absolute Gasteiger partial charge is 0.162 e. The van der Waals surface area contributed by atoms with Crippen LogP contribution < -0.4 is 11.1 Å². The van der Waals surface area contributed by atoms with Crippen LogP contribution in [0.2, 0.25) is 0 Å². The Labute approximate surface area is 127 Å². The van der Waals surface area contributed by atoms with Crippen LogP contribution >= 0.6 is 11.6 Å². The minimum absolute atomic E-state index is 0.353. The molecule has 5 nitrogen and oxygen atoms in total. The minimum Gasteiger partial charge on any atom is -0.366 e. The molecule has 0 aliphatic carbocycles. The molecular formula is C15H16ClN5. The molecule has 0 saturated carbocycles. The normalized spacial score (nSPS) is 11.0. The van der Waals surface area contributed by atoms with E-state index in [0.29, 0.717) is 19.0 Å². The molecule has 0 radical (unpaired) electrons. The summed E-state index contributed by atoms with van der Waals surface area (Å²) in [5, 5.41) is 7.72. The summed E-state index contributed by atoms with van der Waals surface area (Å²) >= 11 is 5.93. The molecule has 2 aromatic heterocycles. The van der Waals surface area contributed by atoms with Crippen LogP contribution in [-0.2, 0) is 19.0 Å². The maximum absolute atomic E-state index is 5.93. The molecule has 2 heterocycles. The van der Waals surface area contributed by atoms with Crippen LogP contribution in [0.25, 0.3) is 5.65 Å². The Balaban J connectivity index is 1.95. The Morgan fingerprint density at radius 1 is 1.24 bits per heavy atom. The molecule has 108 valence electrons. The minimum atomic E-state index is 0.353. The molecule has 0 saturated heterocycles. The van der Waals surface area contributed by atoms with Crippen molar-refractivity contribution in [2.45, 2.75) is 19.0 Å². The fraction of sp³-hybridized carbons (Fsp3) is 0.200. The average molecular weight is 302 g/mol. The van der Waals surface area contributed by atoms with Crippen LogP contribution in [0.15, 0.2) is 42.6 Å². The average Bonchev–Trinajstić information content (AvgIpc) is 2.96. The fourth-order valence-electron chi connectivity index (χ4n) is 2.19. The van der Waals surface area contributed by atoms with Gasteiger partial charge in [-0.2, -0.15) is 9.61 Å². The lowest BCUT2D eigenvalue weighted by Crippen LogP contribution is -2.08. The second-order valence-electron chi connectivity index (χ2n) is 4.71. The van der Waals surface area contributed by atoms with Crippen molar-refractivity contribution in [3.63, 3.8) is 0 Å². The quantitative estimate of drug-likeness (QED) is 0.711. The first kappa shape index (κ1) is 13.9. The molecule has 0 unspecified atom stereocenters. The SMILES string of the molecule is NCc1cnn2c(NCc3ccccc3)cc(CCl)nc12. The Kier molecular flexibility index (Phi) is 4.03. The van der Waals surface area contributed by atoms with Gasteiger partial charge in [-0.25, -0.2) is 4.98 Å². The highest BCUT2D eigenvalue weighted by Crippen LogP contribution is 2.17. The molecule has 3 N–H and O–H groups in total. The van der Waals surface area contributed by atoms with Crippen LogP contribution in [0.3, 0.4) is 0 Å². The molecule has 6 heteroatoms. The first-order valence-electron chi connectivity index (χ1n) is 6.72. The van der Waals surface area contributed by atoms with Gasteiger partial charge in [0.25, 0.3) is 0 Å². The number of benzene rings is 1. The summed E-state index contributed by atoms with van der Waals surface area (Å²) in [5.74, 6) is 1.21. The highest BCUT2D eigenvalue weighted by Gasteiger charge is 2.10. The standard InChI is InChI=1S/C15H16ClN5/c16-7-13-6-14(18-9-11-4-2-1-3-5-11)21-15(20-13)12(8-17)10-19-21/h1-6,10,18H,7-9,17H2. The third kappa shape index (κ3) is 2.84. The lowest BCUT2D eigenvalue weighted by Gasteiger charge is -2.10. The molecular weight excluding hydrogens is 286 g/mol. The summed E-state index contributed by atoms with van der Waals surface area (Å²) in [4.78, 5) is 4.49. The van der Waals surface area contributed by atoms with E-state index in [1.807, 2.05) is 24.3 Å². The number of anilines is 1. The highest BCUT2D eigenvalue weighted by atomic mass is 35.5. The van der Waals surface area contributed by atoms with E-state index >= 15 is 0 Å². The monoisotopic (exact) mass is 301 g/mol. The van der Waals surface area contributed by atoms with Crippen molar-refractivity contribution >= 4 is 23.1 Å². The molecule has 0 aliphatic heterocycles. The number of nitrogens with two attached hydrogens (primary N) is 1. The Morgan fingerprint density at radius 2 is 2.05 bits per heavy atom. The van der Waals surface area contributed by atoms with Crippen LogP contribution in [0.1, 0.15) is 16.8 Å². The number of rotatable bonds is 5. The summed E-state index contributed by atoms with van der Waals surface area (Å²) in [6.45, 7) is 1.11. The van der Waals surface area contributed by atoms with Crippen molar-refractivity contribution in [2.75, 3.05) is 5.32 Å². The zero-order valence-electron chi connectivity index (χ0n) is 11.5. The van der Waals surface area contributed by atoms with Gasteiger partial charge in [0.05, 0.1) is 17.8 Å². The van der Waals surface area contributed by atoms with Gasteiger partial charge in [-0.1, -0.05) is 30.3 Å². The molecule has 0 amide bonds. The van der Waals surface area contributed by atoms with Gasteiger partial charge in [0.15, 0.2) is 5.65 Å². The summed E-state index contributed by atoms with van der Waals surface area (Å²) in [7, 11) is 0. The van der Waals surface area contributed by atoms with Crippen molar-refractivity contribution in [1.82, 2.24) is 14.6 Å². The largest absolute Gasteiger partial charge is 0.366 e. The molecule has 1 aromatic carbocycles. The predicted molar refractivity (Wildman–Crippen MR) is 84.2 cm³/mol. The number of nitrogens with one attached hydrogen (secondary N) is 1. The Hall–Kier alpha value is -2.11. The van der Waals surface area contributed by atoms with Gasteiger partial charge < -0.3 is 11.1 Å². The maximum atomic E-state index is 5.93. The lowest BCUT2D eigenvalue weighted by molar-refractivity contribution is 0.914. The Bertz CT molecular complexity index is 738. The first-order chi connectivity index (χ1) is 10.3. The predicted octanol–water partition coefficient (Wildman–Crippen LogP) is 2.54.